The Kier molecular flexibility index (Phi) is 7.08. The summed E-state index contributed by atoms with van der Waals surface area (Å²) in [6.45, 7) is 4.49. The van der Waals surface area contributed by atoms with Gasteiger partial charge in [0.05, 0.1) is 22.1 Å². The first-order valence-electron chi connectivity index (χ1n) is 17.7. The van der Waals surface area contributed by atoms with Crippen molar-refractivity contribution in [1.82, 2.24) is 9.13 Å². The first kappa shape index (κ1) is 28.9. The van der Waals surface area contributed by atoms with Gasteiger partial charge in [-0.2, -0.15) is 0 Å². The summed E-state index contributed by atoms with van der Waals surface area (Å²) in [7, 11) is 0. The standard InChI is InChI=1S/C45H40N2O/c1-3-4-5-6-7-8-13-31-19-23-42-37(27-31)36-26-30(2)18-22-41(36)47(42)32-20-24-43-38(28-32)34-14-9-11-16-40(34)46(43)33-21-25-45-39(29-33)35-15-10-12-17-44(35)48-45/h9-12,14-29H,3-8,13H2,1-2H3. The van der Waals surface area contributed by atoms with Crippen LogP contribution in [0.5, 0.6) is 0 Å². The fourth-order valence-corrected chi connectivity index (χ4v) is 7.96. The predicted molar refractivity (Wildman–Crippen MR) is 204 cm³/mol. The maximum Gasteiger partial charge on any atom is 0.135 e. The maximum atomic E-state index is 6.17. The molecule has 48 heavy (non-hydrogen) atoms. The minimum Gasteiger partial charge on any atom is -0.456 e. The van der Waals surface area contributed by atoms with E-state index in [1.807, 2.05) is 12.1 Å². The zero-order chi connectivity index (χ0) is 32.2. The number of benzene rings is 6. The number of hydrogen-bond donors (Lipinski definition) is 0. The zero-order valence-corrected chi connectivity index (χ0v) is 27.8. The third-order valence-electron chi connectivity index (χ3n) is 10.3. The topological polar surface area (TPSA) is 23.0 Å². The van der Waals surface area contributed by atoms with Crippen molar-refractivity contribution < 1.29 is 4.42 Å². The van der Waals surface area contributed by atoms with Gasteiger partial charge in [0.15, 0.2) is 0 Å². The zero-order valence-electron chi connectivity index (χ0n) is 27.8. The molecule has 0 N–H and O–H groups in total. The van der Waals surface area contributed by atoms with Crippen LogP contribution in [0.4, 0.5) is 0 Å². The molecule has 3 aromatic heterocycles. The second-order valence-electron chi connectivity index (χ2n) is 13.6. The Hall–Kier alpha value is -5.28. The van der Waals surface area contributed by atoms with Crippen molar-refractivity contribution in [2.24, 2.45) is 0 Å². The Balaban J connectivity index is 1.18. The highest BCUT2D eigenvalue weighted by Gasteiger charge is 2.18. The summed E-state index contributed by atoms with van der Waals surface area (Å²) in [5, 5.41) is 7.47. The summed E-state index contributed by atoms with van der Waals surface area (Å²) in [5.74, 6) is 0. The number of nitrogens with zero attached hydrogens (tertiary/aromatic N) is 2. The SMILES string of the molecule is CCCCCCCCc1ccc2c(c1)c1cc(C)ccc1n2-c1ccc2c(c1)c1ccccc1n2-c1ccc2oc3ccccc3c2c1. The van der Waals surface area contributed by atoms with E-state index in [-0.39, 0.29) is 0 Å². The van der Waals surface area contributed by atoms with Crippen LogP contribution in [0.2, 0.25) is 0 Å². The van der Waals surface area contributed by atoms with Gasteiger partial charge in [0.1, 0.15) is 11.2 Å². The highest BCUT2D eigenvalue weighted by molar-refractivity contribution is 6.13. The van der Waals surface area contributed by atoms with Gasteiger partial charge >= 0.3 is 0 Å². The number of rotatable bonds is 9. The molecule has 0 radical (unpaired) electrons. The normalized spacial score (nSPS) is 12.1. The van der Waals surface area contributed by atoms with E-state index in [0.29, 0.717) is 0 Å². The second kappa shape index (κ2) is 11.8. The first-order chi connectivity index (χ1) is 23.7. The molecule has 0 saturated heterocycles. The van der Waals surface area contributed by atoms with E-state index in [1.54, 1.807) is 0 Å². The Morgan fingerprint density at radius 1 is 0.458 bits per heavy atom. The molecule has 0 bridgehead atoms. The van der Waals surface area contributed by atoms with Crippen molar-refractivity contribution in [1.29, 1.82) is 0 Å². The number of para-hydroxylation sites is 2. The molecule has 3 heterocycles. The molecule has 0 amide bonds. The van der Waals surface area contributed by atoms with Gasteiger partial charge in [0.2, 0.25) is 0 Å². The van der Waals surface area contributed by atoms with Crippen LogP contribution in [0.15, 0.2) is 126 Å². The van der Waals surface area contributed by atoms with Crippen LogP contribution in [-0.2, 0) is 6.42 Å². The summed E-state index contributed by atoms with van der Waals surface area (Å²) >= 11 is 0. The average molecular weight is 625 g/mol. The molecule has 6 aromatic carbocycles. The van der Waals surface area contributed by atoms with Gasteiger partial charge in [-0.05, 0) is 98.1 Å². The van der Waals surface area contributed by atoms with Crippen LogP contribution >= 0.6 is 0 Å². The molecule has 0 spiro atoms. The van der Waals surface area contributed by atoms with E-state index in [0.717, 1.165) is 34.0 Å². The van der Waals surface area contributed by atoms with Crippen LogP contribution in [0.3, 0.4) is 0 Å². The molecule has 3 nitrogen and oxygen atoms in total. The fraction of sp³-hybridized carbons (Fsp3) is 0.200. The van der Waals surface area contributed by atoms with Crippen molar-refractivity contribution in [3.8, 4) is 11.4 Å². The van der Waals surface area contributed by atoms with Gasteiger partial charge in [-0.15, -0.1) is 0 Å². The highest BCUT2D eigenvalue weighted by Crippen LogP contribution is 2.39. The molecule has 3 heteroatoms. The quantitative estimate of drug-likeness (QED) is 0.147. The Morgan fingerprint density at radius 3 is 1.88 bits per heavy atom. The van der Waals surface area contributed by atoms with Gasteiger partial charge < -0.3 is 13.6 Å². The van der Waals surface area contributed by atoms with Crippen LogP contribution < -0.4 is 0 Å². The average Bonchev–Trinajstić information content (AvgIpc) is 3.76. The lowest BCUT2D eigenvalue weighted by atomic mass is 10.0. The molecule has 9 aromatic rings. The Bertz CT molecular complexity index is 2630. The van der Waals surface area contributed by atoms with Crippen molar-refractivity contribution >= 4 is 65.6 Å². The Morgan fingerprint density at radius 2 is 1.04 bits per heavy atom. The summed E-state index contributed by atoms with van der Waals surface area (Å²) in [6.07, 6.45) is 9.10. The van der Waals surface area contributed by atoms with E-state index in [9.17, 15) is 0 Å². The number of fused-ring (bicyclic) bond motifs is 9. The van der Waals surface area contributed by atoms with E-state index >= 15 is 0 Å². The van der Waals surface area contributed by atoms with Gasteiger partial charge in [-0.25, -0.2) is 0 Å². The molecule has 0 aliphatic carbocycles. The molecule has 0 aliphatic rings. The third kappa shape index (κ3) is 4.72. The van der Waals surface area contributed by atoms with Crippen molar-refractivity contribution in [2.45, 2.75) is 58.8 Å². The number of unbranched alkanes of at least 4 members (excludes halogenated alkanes) is 5. The van der Waals surface area contributed by atoms with Gasteiger partial charge in [0, 0.05) is 43.7 Å². The molecular weight excluding hydrogens is 585 g/mol. The number of aryl methyl sites for hydroxylation is 2. The largest absolute Gasteiger partial charge is 0.456 e. The van der Waals surface area contributed by atoms with Crippen molar-refractivity contribution in [3.05, 3.63) is 132 Å². The lowest BCUT2D eigenvalue weighted by Gasteiger charge is -2.11. The van der Waals surface area contributed by atoms with Crippen LogP contribution in [0.25, 0.3) is 76.9 Å². The smallest absolute Gasteiger partial charge is 0.135 e. The summed E-state index contributed by atoms with van der Waals surface area (Å²) < 4.78 is 11.0. The molecule has 0 atom stereocenters. The number of furan rings is 1. The fourth-order valence-electron chi connectivity index (χ4n) is 7.96. The van der Waals surface area contributed by atoms with Crippen molar-refractivity contribution in [2.75, 3.05) is 0 Å². The monoisotopic (exact) mass is 624 g/mol. The highest BCUT2D eigenvalue weighted by atomic mass is 16.3. The number of hydrogen-bond acceptors (Lipinski definition) is 1. The minimum atomic E-state index is 0.916. The second-order valence-corrected chi connectivity index (χ2v) is 13.6. The van der Waals surface area contributed by atoms with E-state index < -0.39 is 0 Å². The van der Waals surface area contributed by atoms with Crippen LogP contribution in [-0.4, -0.2) is 9.13 Å². The van der Waals surface area contributed by atoms with Crippen LogP contribution in [0.1, 0.15) is 56.6 Å². The van der Waals surface area contributed by atoms with E-state index in [1.165, 1.54) is 99.0 Å². The first-order valence-corrected chi connectivity index (χ1v) is 17.7. The third-order valence-corrected chi connectivity index (χ3v) is 10.3. The summed E-state index contributed by atoms with van der Waals surface area (Å²) in [6, 6.07) is 44.7. The van der Waals surface area contributed by atoms with Gasteiger partial charge in [-0.3, -0.25) is 0 Å². The summed E-state index contributed by atoms with van der Waals surface area (Å²) in [5.41, 5.74) is 11.8. The molecular formula is C45H40N2O. The van der Waals surface area contributed by atoms with E-state index in [2.05, 4.69) is 132 Å². The van der Waals surface area contributed by atoms with Gasteiger partial charge in [-0.1, -0.05) is 93.1 Å². The lowest BCUT2D eigenvalue weighted by molar-refractivity contribution is 0.607. The molecule has 0 unspecified atom stereocenters. The molecule has 236 valence electrons. The lowest BCUT2D eigenvalue weighted by Crippen LogP contribution is -1.96. The number of aromatic nitrogens is 2. The minimum absolute atomic E-state index is 0.916. The van der Waals surface area contributed by atoms with Gasteiger partial charge in [0.25, 0.3) is 0 Å². The Labute approximate surface area is 281 Å². The molecule has 0 aliphatic heterocycles. The molecule has 0 fully saturated rings. The van der Waals surface area contributed by atoms with E-state index in [4.69, 9.17) is 4.42 Å². The predicted octanol–water partition coefficient (Wildman–Crippen LogP) is 13.0. The maximum absolute atomic E-state index is 6.17. The van der Waals surface area contributed by atoms with Crippen molar-refractivity contribution in [3.63, 3.8) is 0 Å². The molecule has 9 rings (SSSR count). The van der Waals surface area contributed by atoms with Crippen LogP contribution in [0, 0.1) is 6.92 Å². The molecule has 0 saturated carbocycles. The summed E-state index contributed by atoms with van der Waals surface area (Å²) in [4.78, 5) is 0.